The van der Waals surface area contributed by atoms with Gasteiger partial charge in [0.05, 0.1) is 22.9 Å². The summed E-state index contributed by atoms with van der Waals surface area (Å²) in [6, 6.07) is 12.2. The molecule has 2 N–H and O–H groups in total. The Labute approximate surface area is 234 Å². The molecular weight excluding hydrogens is 614 g/mol. The zero-order valence-electron chi connectivity index (χ0n) is 19.5. The average molecular weight is 633 g/mol. The van der Waals surface area contributed by atoms with Gasteiger partial charge in [-0.2, -0.15) is 18.3 Å². The molecule has 200 valence electrons. The highest BCUT2D eigenvalue weighted by Gasteiger charge is 2.30. The Hall–Kier alpha value is -3.28. The summed E-state index contributed by atoms with van der Waals surface area (Å²) in [7, 11) is 0. The van der Waals surface area contributed by atoms with Gasteiger partial charge in [0.25, 0.3) is 0 Å². The summed E-state index contributed by atoms with van der Waals surface area (Å²) in [5.41, 5.74) is 2.06. The Bertz CT molecular complexity index is 1370. The predicted molar refractivity (Wildman–Crippen MR) is 142 cm³/mol. The van der Waals surface area contributed by atoms with Gasteiger partial charge in [-0.3, -0.25) is 9.59 Å². The van der Waals surface area contributed by atoms with Crippen LogP contribution in [0.15, 0.2) is 64.2 Å². The van der Waals surface area contributed by atoms with E-state index in [1.807, 2.05) is 5.43 Å². The second-order valence-electron chi connectivity index (χ2n) is 7.52. The number of rotatable bonds is 8. The maximum atomic E-state index is 12.8. The smallest absolute Gasteiger partial charge is 0.416 e. The molecule has 0 aromatic heterocycles. The van der Waals surface area contributed by atoms with Gasteiger partial charge in [-0.05, 0) is 70.9 Å². The third-order valence-corrected chi connectivity index (χ3v) is 5.93. The average Bonchev–Trinajstić information content (AvgIpc) is 2.84. The van der Waals surface area contributed by atoms with Crippen LogP contribution >= 0.6 is 39.1 Å². The molecule has 0 unspecified atom stereocenters. The van der Waals surface area contributed by atoms with Gasteiger partial charge < -0.3 is 14.8 Å². The van der Waals surface area contributed by atoms with Crippen molar-refractivity contribution in [1.29, 1.82) is 0 Å². The van der Waals surface area contributed by atoms with Gasteiger partial charge in [-0.25, -0.2) is 5.43 Å². The fourth-order valence-electron chi connectivity index (χ4n) is 3.03. The van der Waals surface area contributed by atoms with Crippen LogP contribution in [0.5, 0.6) is 11.5 Å². The molecule has 0 saturated heterocycles. The summed E-state index contributed by atoms with van der Waals surface area (Å²) in [5.74, 6) is -1.59. The third-order valence-electron chi connectivity index (χ3n) is 4.75. The van der Waals surface area contributed by atoms with E-state index in [-0.39, 0.29) is 12.3 Å². The lowest BCUT2D eigenvalue weighted by atomic mass is 10.2. The lowest BCUT2D eigenvalue weighted by Gasteiger charge is -2.15. The van der Waals surface area contributed by atoms with Crippen molar-refractivity contribution in [3.05, 3.63) is 85.8 Å². The quantitative estimate of drug-likeness (QED) is 0.162. The summed E-state index contributed by atoms with van der Waals surface area (Å²) in [6.45, 7) is 2.26. The first-order valence-electron chi connectivity index (χ1n) is 10.8. The largest absolute Gasteiger partial charge is 0.490 e. The van der Waals surface area contributed by atoms with E-state index in [2.05, 4.69) is 26.3 Å². The van der Waals surface area contributed by atoms with Crippen LogP contribution in [0.2, 0.25) is 10.0 Å². The van der Waals surface area contributed by atoms with Gasteiger partial charge in [0, 0.05) is 21.3 Å². The molecule has 0 atom stereocenters. The second kappa shape index (κ2) is 13.0. The van der Waals surface area contributed by atoms with Gasteiger partial charge in [0.2, 0.25) is 0 Å². The number of hydrazone groups is 1. The Balaban J connectivity index is 1.66. The topological polar surface area (TPSA) is 89.0 Å². The van der Waals surface area contributed by atoms with Crippen molar-refractivity contribution in [2.75, 3.05) is 11.9 Å². The SMILES string of the molecule is CCOc1cc(C=NNC(=O)C(=O)Nc2cccc(C(F)(F)F)c2)cc(Br)c1OCc1ccc(Cl)cc1Cl. The van der Waals surface area contributed by atoms with E-state index >= 15 is 0 Å². The van der Waals surface area contributed by atoms with E-state index in [0.29, 0.717) is 49.8 Å². The minimum absolute atomic E-state index is 0.138. The highest BCUT2D eigenvalue weighted by molar-refractivity contribution is 9.10. The number of alkyl halides is 3. The first-order valence-corrected chi connectivity index (χ1v) is 12.4. The molecule has 0 spiro atoms. The Kier molecular flexibility index (Phi) is 10.0. The van der Waals surface area contributed by atoms with E-state index in [4.69, 9.17) is 32.7 Å². The van der Waals surface area contributed by atoms with Gasteiger partial charge in [0.15, 0.2) is 11.5 Å². The lowest BCUT2D eigenvalue weighted by Crippen LogP contribution is -2.32. The molecule has 2 amide bonds. The van der Waals surface area contributed by atoms with Crippen LogP contribution < -0.4 is 20.2 Å². The van der Waals surface area contributed by atoms with Crippen LogP contribution in [0.4, 0.5) is 18.9 Å². The normalized spacial score (nSPS) is 11.3. The monoisotopic (exact) mass is 631 g/mol. The first-order chi connectivity index (χ1) is 18.0. The maximum Gasteiger partial charge on any atom is 0.416 e. The van der Waals surface area contributed by atoms with Crippen molar-refractivity contribution in [2.45, 2.75) is 19.7 Å². The standard InChI is InChI=1S/C25H19BrCl2F3N3O4/c1-2-37-21-9-14(8-19(26)22(21)38-13-15-6-7-17(27)11-20(15)28)12-32-34-24(36)23(35)33-18-5-3-4-16(10-18)25(29,30)31/h3-12H,2,13H2,1H3,(H,33,35)(H,34,36). The fourth-order valence-corrected chi connectivity index (χ4v) is 4.07. The molecule has 3 aromatic carbocycles. The van der Waals surface area contributed by atoms with E-state index in [9.17, 15) is 22.8 Å². The molecule has 13 heteroatoms. The fraction of sp³-hybridized carbons (Fsp3) is 0.160. The molecule has 7 nitrogen and oxygen atoms in total. The summed E-state index contributed by atoms with van der Waals surface area (Å²) in [4.78, 5) is 24.1. The second-order valence-corrected chi connectivity index (χ2v) is 9.22. The van der Waals surface area contributed by atoms with E-state index in [0.717, 1.165) is 12.1 Å². The van der Waals surface area contributed by atoms with Crippen LogP contribution in [0, 0.1) is 0 Å². The number of carbonyl (C=O) groups is 2. The number of halogens is 6. The summed E-state index contributed by atoms with van der Waals surface area (Å²) in [5, 5.41) is 6.77. The molecule has 0 aliphatic heterocycles. The molecule has 0 fully saturated rings. The maximum absolute atomic E-state index is 12.8. The molecule has 0 saturated carbocycles. The van der Waals surface area contributed by atoms with E-state index < -0.39 is 23.6 Å². The number of anilines is 1. The Morgan fingerprint density at radius 2 is 1.82 bits per heavy atom. The van der Waals surface area contributed by atoms with Crippen LogP contribution in [0.3, 0.4) is 0 Å². The third kappa shape index (κ3) is 8.11. The van der Waals surface area contributed by atoms with Crippen molar-refractivity contribution in [1.82, 2.24) is 5.43 Å². The zero-order chi connectivity index (χ0) is 27.9. The summed E-state index contributed by atoms with van der Waals surface area (Å²) >= 11 is 15.6. The van der Waals surface area contributed by atoms with Gasteiger partial charge >= 0.3 is 18.0 Å². The molecule has 0 heterocycles. The molecule has 38 heavy (non-hydrogen) atoms. The number of benzene rings is 3. The zero-order valence-corrected chi connectivity index (χ0v) is 22.6. The predicted octanol–water partition coefficient (Wildman–Crippen LogP) is 6.84. The number of ether oxygens (including phenoxy) is 2. The number of hydrogen-bond donors (Lipinski definition) is 2. The van der Waals surface area contributed by atoms with Crippen LogP contribution in [0.1, 0.15) is 23.6 Å². The first kappa shape index (κ1) is 29.3. The molecular formula is C25H19BrCl2F3N3O4. The van der Waals surface area contributed by atoms with Crippen molar-refractivity contribution in [3.63, 3.8) is 0 Å². The lowest BCUT2D eigenvalue weighted by molar-refractivity contribution is -0.137. The molecule has 0 bridgehead atoms. The Morgan fingerprint density at radius 1 is 1.05 bits per heavy atom. The van der Waals surface area contributed by atoms with Crippen molar-refractivity contribution in [2.24, 2.45) is 5.10 Å². The molecule has 0 aliphatic rings. The highest BCUT2D eigenvalue weighted by atomic mass is 79.9. The van der Waals surface area contributed by atoms with Crippen LogP contribution in [-0.2, 0) is 22.4 Å². The number of carbonyl (C=O) groups excluding carboxylic acids is 2. The number of amides is 2. The minimum Gasteiger partial charge on any atom is -0.490 e. The molecule has 0 aliphatic carbocycles. The van der Waals surface area contributed by atoms with Gasteiger partial charge in [0.1, 0.15) is 6.61 Å². The molecule has 3 rings (SSSR count). The minimum atomic E-state index is -4.59. The van der Waals surface area contributed by atoms with Crippen molar-refractivity contribution >= 4 is 62.8 Å². The van der Waals surface area contributed by atoms with E-state index in [1.54, 1.807) is 37.3 Å². The Morgan fingerprint density at radius 3 is 2.50 bits per heavy atom. The number of hydrogen-bond acceptors (Lipinski definition) is 5. The van der Waals surface area contributed by atoms with Crippen molar-refractivity contribution < 1.29 is 32.2 Å². The number of nitrogens with one attached hydrogen (secondary N) is 2. The van der Waals surface area contributed by atoms with E-state index in [1.165, 1.54) is 12.3 Å². The summed E-state index contributed by atoms with van der Waals surface area (Å²) in [6.07, 6.45) is -3.34. The van der Waals surface area contributed by atoms with Crippen LogP contribution in [-0.4, -0.2) is 24.6 Å². The highest BCUT2D eigenvalue weighted by Crippen LogP contribution is 2.37. The van der Waals surface area contributed by atoms with Gasteiger partial charge in [-0.1, -0.05) is 35.3 Å². The molecule has 0 radical (unpaired) electrons. The molecule has 3 aromatic rings. The number of nitrogens with zero attached hydrogens (tertiary/aromatic N) is 1. The van der Waals surface area contributed by atoms with Crippen LogP contribution in [0.25, 0.3) is 0 Å². The van der Waals surface area contributed by atoms with Crippen molar-refractivity contribution in [3.8, 4) is 11.5 Å². The summed E-state index contributed by atoms with van der Waals surface area (Å²) < 4.78 is 50.6. The van der Waals surface area contributed by atoms with Gasteiger partial charge in [-0.15, -0.1) is 0 Å².